The van der Waals surface area contributed by atoms with Gasteiger partial charge in [-0.05, 0) is 42.3 Å². The molecule has 3 aliphatic heterocycles. The third-order valence-corrected chi connectivity index (χ3v) is 6.43. The van der Waals surface area contributed by atoms with E-state index in [-0.39, 0.29) is 30.0 Å². The van der Waals surface area contributed by atoms with Crippen molar-refractivity contribution in [3.63, 3.8) is 0 Å². The first-order valence-electron chi connectivity index (χ1n) is 10.0. The SMILES string of the molecule is C[C@H]1OCCC2Oc3ccc(-c4cccc(C#N)c4)cc3[C@]3(N=C(N)N(C)C3=O)[C@@H]21. The van der Waals surface area contributed by atoms with Crippen LogP contribution in [-0.4, -0.2) is 42.6 Å². The van der Waals surface area contributed by atoms with Gasteiger partial charge in [0, 0.05) is 19.0 Å². The van der Waals surface area contributed by atoms with E-state index < -0.39 is 5.54 Å². The van der Waals surface area contributed by atoms with Gasteiger partial charge in [0.15, 0.2) is 11.5 Å². The van der Waals surface area contributed by atoms with Crippen molar-refractivity contribution in [2.75, 3.05) is 13.7 Å². The van der Waals surface area contributed by atoms with E-state index >= 15 is 0 Å². The fourth-order valence-electron chi connectivity index (χ4n) is 4.97. The zero-order valence-corrected chi connectivity index (χ0v) is 16.8. The number of amides is 1. The first-order chi connectivity index (χ1) is 14.5. The lowest BCUT2D eigenvalue weighted by atomic mass is 9.68. The number of likely N-dealkylation sites (N-methyl/N-ethyl adjacent to an activating group) is 1. The third-order valence-electron chi connectivity index (χ3n) is 6.43. The van der Waals surface area contributed by atoms with Gasteiger partial charge >= 0.3 is 0 Å². The molecule has 0 radical (unpaired) electrons. The second-order valence-corrected chi connectivity index (χ2v) is 8.05. The Bertz CT molecular complexity index is 1120. The Morgan fingerprint density at radius 2 is 2.07 bits per heavy atom. The minimum Gasteiger partial charge on any atom is -0.489 e. The predicted octanol–water partition coefficient (Wildman–Crippen LogP) is 2.39. The van der Waals surface area contributed by atoms with Crippen LogP contribution in [0.1, 0.15) is 24.5 Å². The lowest BCUT2D eigenvalue weighted by Gasteiger charge is -2.48. The molecule has 2 aromatic rings. The highest BCUT2D eigenvalue weighted by molar-refractivity contribution is 6.07. The number of hydrogen-bond donors (Lipinski definition) is 1. The molecule has 7 heteroatoms. The molecule has 3 heterocycles. The van der Waals surface area contributed by atoms with Crippen LogP contribution in [0.2, 0.25) is 0 Å². The smallest absolute Gasteiger partial charge is 0.262 e. The van der Waals surface area contributed by atoms with Gasteiger partial charge in [-0.1, -0.05) is 18.2 Å². The maximum absolute atomic E-state index is 13.6. The minimum absolute atomic E-state index is 0.167. The molecule has 1 spiro atoms. The number of ether oxygens (including phenoxy) is 2. The van der Waals surface area contributed by atoms with Crippen molar-refractivity contribution in [3.8, 4) is 22.9 Å². The number of carbonyl (C=O) groups is 1. The largest absolute Gasteiger partial charge is 0.489 e. The van der Waals surface area contributed by atoms with E-state index in [0.29, 0.717) is 29.9 Å². The van der Waals surface area contributed by atoms with Crippen LogP contribution in [0.3, 0.4) is 0 Å². The van der Waals surface area contributed by atoms with Gasteiger partial charge < -0.3 is 15.2 Å². The highest BCUT2D eigenvalue weighted by Gasteiger charge is 2.62. The van der Waals surface area contributed by atoms with Crippen molar-refractivity contribution in [3.05, 3.63) is 53.6 Å². The summed E-state index contributed by atoms with van der Waals surface area (Å²) in [7, 11) is 1.65. The standard InChI is InChI=1S/C23H22N4O3/c1-13-20-19(8-9-29-13)30-18-7-6-16(15-5-3-4-14(10-15)12-24)11-17(18)23(20)21(28)27(2)22(25)26-23/h3-7,10-11,13,19-20H,8-9H2,1-2H3,(H2,25,26)/t13-,19?,20-,23+/m1/s1. The average Bonchev–Trinajstić information content (AvgIpc) is 2.98. The molecule has 30 heavy (non-hydrogen) atoms. The maximum Gasteiger partial charge on any atom is 0.262 e. The van der Waals surface area contributed by atoms with Crippen LogP contribution in [0.5, 0.6) is 5.75 Å². The Hall–Kier alpha value is -3.37. The number of nitrogens with two attached hydrogens (primary N) is 1. The molecule has 7 nitrogen and oxygen atoms in total. The zero-order valence-electron chi connectivity index (χ0n) is 16.8. The molecule has 0 aliphatic carbocycles. The predicted molar refractivity (Wildman–Crippen MR) is 111 cm³/mol. The molecule has 4 atom stereocenters. The molecule has 152 valence electrons. The van der Waals surface area contributed by atoms with E-state index in [4.69, 9.17) is 20.2 Å². The number of carbonyl (C=O) groups excluding carboxylic acids is 1. The number of benzene rings is 2. The average molecular weight is 402 g/mol. The van der Waals surface area contributed by atoms with Gasteiger partial charge in [-0.25, -0.2) is 4.99 Å². The van der Waals surface area contributed by atoms with E-state index in [1.165, 1.54) is 4.90 Å². The van der Waals surface area contributed by atoms with Gasteiger partial charge in [-0.2, -0.15) is 5.26 Å². The molecule has 2 N–H and O–H groups in total. The van der Waals surface area contributed by atoms with Crippen molar-refractivity contribution in [2.45, 2.75) is 31.1 Å². The summed E-state index contributed by atoms with van der Waals surface area (Å²) in [6.07, 6.45) is 0.296. The fourth-order valence-corrected chi connectivity index (χ4v) is 4.97. The van der Waals surface area contributed by atoms with Gasteiger partial charge in [0.05, 0.1) is 30.3 Å². The van der Waals surface area contributed by atoms with Gasteiger partial charge in [-0.15, -0.1) is 0 Å². The van der Waals surface area contributed by atoms with Crippen LogP contribution >= 0.6 is 0 Å². The number of aliphatic imine (C=N–C) groups is 1. The highest BCUT2D eigenvalue weighted by Crippen LogP contribution is 2.53. The molecular weight excluding hydrogens is 380 g/mol. The number of rotatable bonds is 1. The molecule has 1 unspecified atom stereocenters. The third kappa shape index (κ3) is 2.47. The van der Waals surface area contributed by atoms with Crippen LogP contribution in [0.15, 0.2) is 47.5 Å². The zero-order chi connectivity index (χ0) is 21.0. The monoisotopic (exact) mass is 402 g/mol. The topological polar surface area (TPSA) is 101 Å². The van der Waals surface area contributed by atoms with Crippen LogP contribution in [0.4, 0.5) is 0 Å². The summed E-state index contributed by atoms with van der Waals surface area (Å²) in [5, 5.41) is 9.25. The Morgan fingerprint density at radius 1 is 1.27 bits per heavy atom. The molecule has 1 amide bonds. The molecule has 1 saturated heterocycles. The number of nitrogens with zero attached hydrogens (tertiary/aromatic N) is 3. The summed E-state index contributed by atoms with van der Waals surface area (Å²) in [6.45, 7) is 2.54. The first kappa shape index (κ1) is 18.6. The Kier molecular flexibility index (Phi) is 4.09. The number of hydrogen-bond acceptors (Lipinski definition) is 6. The number of fused-ring (bicyclic) bond motifs is 4. The first-order valence-corrected chi connectivity index (χ1v) is 10.0. The number of guanidine groups is 1. The maximum atomic E-state index is 13.6. The Labute approximate surface area is 174 Å². The molecule has 0 saturated carbocycles. The summed E-state index contributed by atoms with van der Waals surface area (Å²) in [4.78, 5) is 19.7. The highest BCUT2D eigenvalue weighted by atomic mass is 16.5. The normalized spacial score (nSPS) is 29.6. The van der Waals surface area contributed by atoms with Crippen LogP contribution < -0.4 is 10.5 Å². The Morgan fingerprint density at radius 3 is 2.80 bits per heavy atom. The van der Waals surface area contributed by atoms with Crippen molar-refractivity contribution in [2.24, 2.45) is 16.6 Å². The van der Waals surface area contributed by atoms with Gasteiger partial charge in [0.2, 0.25) is 0 Å². The fraction of sp³-hybridized carbons (Fsp3) is 0.348. The van der Waals surface area contributed by atoms with Gasteiger partial charge in [-0.3, -0.25) is 9.69 Å². The van der Waals surface area contributed by atoms with Crippen molar-refractivity contribution in [1.82, 2.24) is 4.90 Å². The summed E-state index contributed by atoms with van der Waals surface area (Å²) in [5.74, 6) is 0.391. The lowest BCUT2D eigenvalue weighted by Crippen LogP contribution is -2.58. The molecule has 3 aliphatic rings. The van der Waals surface area contributed by atoms with Crippen molar-refractivity contribution >= 4 is 11.9 Å². The van der Waals surface area contributed by atoms with Crippen LogP contribution in [-0.2, 0) is 15.1 Å². The van der Waals surface area contributed by atoms with E-state index in [1.807, 2.05) is 43.3 Å². The van der Waals surface area contributed by atoms with Crippen LogP contribution in [0.25, 0.3) is 11.1 Å². The van der Waals surface area contributed by atoms with Crippen molar-refractivity contribution in [1.29, 1.82) is 5.26 Å². The van der Waals surface area contributed by atoms with Crippen molar-refractivity contribution < 1.29 is 14.3 Å². The minimum atomic E-state index is -1.18. The van der Waals surface area contributed by atoms with Crippen LogP contribution in [0, 0.1) is 17.2 Å². The van der Waals surface area contributed by atoms with Gasteiger partial charge in [0.25, 0.3) is 5.91 Å². The molecule has 5 rings (SSSR count). The summed E-state index contributed by atoms with van der Waals surface area (Å²) >= 11 is 0. The molecular formula is C23H22N4O3. The quantitative estimate of drug-likeness (QED) is 0.789. The number of nitriles is 1. The summed E-state index contributed by atoms with van der Waals surface area (Å²) in [6, 6.07) is 15.3. The van der Waals surface area contributed by atoms with E-state index in [0.717, 1.165) is 11.1 Å². The molecule has 2 aromatic carbocycles. The summed E-state index contributed by atoms with van der Waals surface area (Å²) < 4.78 is 12.3. The van der Waals surface area contributed by atoms with E-state index in [9.17, 15) is 10.1 Å². The second kappa shape index (κ2) is 6.57. The van der Waals surface area contributed by atoms with Gasteiger partial charge in [0.1, 0.15) is 11.9 Å². The molecule has 1 fully saturated rings. The van der Waals surface area contributed by atoms with E-state index in [2.05, 4.69) is 6.07 Å². The second-order valence-electron chi connectivity index (χ2n) is 8.05. The summed E-state index contributed by atoms with van der Waals surface area (Å²) in [5.41, 5.74) is 7.98. The Balaban J connectivity index is 1.73. The lowest BCUT2D eigenvalue weighted by molar-refractivity contribution is -0.149. The molecule has 0 aromatic heterocycles. The molecule has 0 bridgehead atoms. The van der Waals surface area contributed by atoms with E-state index in [1.54, 1.807) is 13.1 Å².